The summed E-state index contributed by atoms with van der Waals surface area (Å²) >= 11 is 0. The molecule has 0 saturated carbocycles. The fourth-order valence-electron chi connectivity index (χ4n) is 12.1. The number of esters is 3. The van der Waals surface area contributed by atoms with Crippen LogP contribution in [0.2, 0.25) is 0 Å². The molecular weight excluding hydrogens is 1480 g/mol. The number of rotatable bonds is 85. The van der Waals surface area contributed by atoms with Crippen molar-refractivity contribution in [1.29, 1.82) is 0 Å². The average molecular weight is 1650 g/mol. The first kappa shape index (κ1) is 110. The van der Waals surface area contributed by atoms with Crippen LogP contribution in [0.15, 0.2) is 170 Å². The molecule has 5 atom stereocenters. The van der Waals surface area contributed by atoms with Crippen molar-refractivity contribution in [1.82, 2.24) is 0 Å². The molecule has 0 rings (SSSR count). The number of phosphoric ester groups is 2. The molecule has 0 radical (unpaired) electrons. The van der Waals surface area contributed by atoms with Gasteiger partial charge in [-0.25, -0.2) is 9.13 Å². The zero-order valence-corrected chi connectivity index (χ0v) is 74.2. The van der Waals surface area contributed by atoms with Crippen LogP contribution in [0.5, 0.6) is 0 Å². The minimum Gasteiger partial charge on any atom is -0.463 e. The first-order valence-corrected chi connectivity index (χ1v) is 48.4. The van der Waals surface area contributed by atoms with Gasteiger partial charge < -0.3 is 34.2 Å². The van der Waals surface area contributed by atoms with E-state index in [1.807, 2.05) is 0 Å². The number of phosphoric acid groups is 2. The third-order valence-corrected chi connectivity index (χ3v) is 20.8. The van der Waals surface area contributed by atoms with Gasteiger partial charge in [0.15, 0.2) is 6.10 Å². The van der Waals surface area contributed by atoms with Crippen LogP contribution in [0, 0.1) is 0 Å². The highest BCUT2D eigenvalue weighted by molar-refractivity contribution is 7.47. The maximum absolute atomic E-state index is 13.0. The molecule has 4 N–H and O–H groups in total. The van der Waals surface area contributed by atoms with Crippen LogP contribution in [-0.2, 0) is 55.8 Å². The molecule has 0 amide bonds. The van der Waals surface area contributed by atoms with Gasteiger partial charge in [0.2, 0.25) is 0 Å². The van der Waals surface area contributed by atoms with E-state index in [0.717, 1.165) is 180 Å². The molecule has 0 aromatic rings. The molecule has 16 nitrogen and oxygen atoms in total. The van der Waals surface area contributed by atoms with E-state index < -0.39 is 91.5 Å². The van der Waals surface area contributed by atoms with Gasteiger partial charge in [-0.05, 0) is 148 Å². The molecule has 0 aromatic carbocycles. The Morgan fingerprint density at radius 2 is 0.435 bits per heavy atom. The van der Waals surface area contributed by atoms with Gasteiger partial charge in [0.05, 0.1) is 26.4 Å². The normalized spacial score (nSPS) is 14.6. The fraction of sp³-hybridized carbons (Fsp3) is 0.680. The molecule has 0 aliphatic heterocycles. The van der Waals surface area contributed by atoms with Gasteiger partial charge in [0.1, 0.15) is 25.4 Å². The van der Waals surface area contributed by atoms with Crippen molar-refractivity contribution in [3.63, 3.8) is 0 Å². The second-order valence-electron chi connectivity index (χ2n) is 30.0. The second kappa shape index (κ2) is 88.2. The number of hydrogen-bond acceptors (Lipinski definition) is 14. The van der Waals surface area contributed by atoms with Crippen LogP contribution in [-0.4, -0.2) is 95.9 Å². The van der Waals surface area contributed by atoms with Gasteiger partial charge in [-0.2, -0.15) is 0 Å². The molecule has 0 bridgehead atoms. The van der Waals surface area contributed by atoms with Crippen molar-refractivity contribution in [2.75, 3.05) is 39.6 Å². The zero-order valence-electron chi connectivity index (χ0n) is 72.4. The predicted octanol–water partition coefficient (Wildman–Crippen LogP) is 27.9. The minimum atomic E-state index is -4.94. The fourth-order valence-corrected chi connectivity index (χ4v) is 13.7. The van der Waals surface area contributed by atoms with Crippen molar-refractivity contribution in [2.24, 2.45) is 0 Å². The second-order valence-corrected chi connectivity index (χ2v) is 32.9. The molecule has 5 unspecified atom stereocenters. The van der Waals surface area contributed by atoms with E-state index >= 15 is 0 Å². The number of carbonyl (C=O) groups excluding carboxylic acids is 3. The molecule has 18 heteroatoms. The molecule has 0 aliphatic carbocycles. The van der Waals surface area contributed by atoms with Crippen LogP contribution < -0.4 is 0 Å². The van der Waals surface area contributed by atoms with Crippen molar-refractivity contribution in [2.45, 2.75) is 386 Å². The topological polar surface area (TPSA) is 231 Å². The SMILES string of the molecule is CC/C=C\C/C=C\C/C=C\C/C=C\C/C=C\C/C=C\CCCCCCCCCCCCCCC(=O)OCC(O)COP(=O)(O)OCC(O)COP(=O)(O)OCC(COC(=O)CCCCCCCCCCCCCCCCC/C=C\C/C=C\C/C=C\C/C=C\C/C=C\CC)OC(=O)CCCCCCCCC/C=C\C/C=C\C/C=C\CC. The Labute approximate surface area is 701 Å². The molecule has 0 fully saturated rings. The Kier molecular flexibility index (Phi) is 84.3. The van der Waals surface area contributed by atoms with Crippen molar-refractivity contribution in [3.05, 3.63) is 170 Å². The van der Waals surface area contributed by atoms with Gasteiger partial charge >= 0.3 is 33.6 Å². The van der Waals surface area contributed by atoms with Crippen LogP contribution in [0.25, 0.3) is 0 Å². The van der Waals surface area contributed by atoms with Gasteiger partial charge in [-0.3, -0.25) is 32.5 Å². The minimum absolute atomic E-state index is 0.0907. The summed E-state index contributed by atoms with van der Waals surface area (Å²) in [4.78, 5) is 58.9. The lowest BCUT2D eigenvalue weighted by Crippen LogP contribution is -2.30. The third-order valence-electron chi connectivity index (χ3n) is 18.9. The first-order chi connectivity index (χ1) is 56.2. The van der Waals surface area contributed by atoms with E-state index in [1.165, 1.54) is 128 Å². The standard InChI is InChI=1S/C97H164O16P2/c1-4-7-10-13-16-19-22-25-28-31-33-35-37-39-41-43-45-47-49-51-53-55-57-60-62-65-68-71-74-77-80-83-95(100)107-86-92(98)87-109-114(103,104)110-88-93(99)89-111-115(105,106)112-91-94(113-97(102)85-82-79-76-73-70-67-64-59-30-27-24-21-18-15-12-9-6-3)90-108-96(101)84-81-78-75-72-69-66-63-61-58-56-54-52-50-48-46-44-42-40-38-36-34-32-29-26-23-20-17-14-11-8-5-2/h7-12,16-21,25-30,33-36,39-42,45,47,92-94,98-99H,4-6,13-15,22-24,31-32,37-38,43-44,46,48-91H2,1-3H3,(H,103,104)(H,105,106)/b10-7-,11-8-,12-9-,19-16-,20-17-,21-18-,28-25-,29-26-,30-27-,35-33-,36-34-,41-39-,42-40-,47-45-. The Hall–Kier alpha value is -5.09. The molecule has 115 heavy (non-hydrogen) atoms. The summed E-state index contributed by atoms with van der Waals surface area (Å²) in [6, 6.07) is 0. The summed E-state index contributed by atoms with van der Waals surface area (Å²) in [5.74, 6) is -1.58. The van der Waals surface area contributed by atoms with Gasteiger partial charge in [0, 0.05) is 19.3 Å². The number of carbonyl (C=O) groups is 3. The summed E-state index contributed by atoms with van der Waals surface area (Å²) in [5.41, 5.74) is 0. The molecule has 0 spiro atoms. The maximum atomic E-state index is 13.0. The van der Waals surface area contributed by atoms with Gasteiger partial charge in [-0.15, -0.1) is 0 Å². The summed E-state index contributed by atoms with van der Waals surface area (Å²) in [6.45, 7) is 2.37. The van der Waals surface area contributed by atoms with Gasteiger partial charge in [0.25, 0.3) is 0 Å². The number of aliphatic hydroxyl groups is 2. The van der Waals surface area contributed by atoms with E-state index in [4.69, 9.17) is 32.3 Å². The highest BCUT2D eigenvalue weighted by Crippen LogP contribution is 2.45. The Morgan fingerprint density at radius 3 is 0.687 bits per heavy atom. The van der Waals surface area contributed by atoms with Crippen LogP contribution in [0.1, 0.15) is 367 Å². The van der Waals surface area contributed by atoms with E-state index in [1.54, 1.807) is 0 Å². The van der Waals surface area contributed by atoms with Crippen LogP contribution >= 0.6 is 15.6 Å². The Balaban J connectivity index is 4.53. The van der Waals surface area contributed by atoms with Crippen LogP contribution in [0.3, 0.4) is 0 Å². The first-order valence-electron chi connectivity index (χ1n) is 45.4. The average Bonchev–Trinajstić information content (AvgIpc) is 0.903. The number of allylic oxidation sites excluding steroid dienone is 28. The van der Waals surface area contributed by atoms with E-state index in [0.29, 0.717) is 19.3 Å². The van der Waals surface area contributed by atoms with Crippen molar-refractivity contribution in [3.8, 4) is 0 Å². The Bertz CT molecular complexity index is 2770. The maximum Gasteiger partial charge on any atom is 0.472 e. The molecule has 0 aromatic heterocycles. The van der Waals surface area contributed by atoms with Crippen LogP contribution in [0.4, 0.5) is 0 Å². The highest BCUT2D eigenvalue weighted by atomic mass is 31.2. The van der Waals surface area contributed by atoms with Gasteiger partial charge in [-0.1, -0.05) is 371 Å². The molecule has 0 saturated heterocycles. The largest absolute Gasteiger partial charge is 0.472 e. The monoisotopic (exact) mass is 1650 g/mol. The summed E-state index contributed by atoms with van der Waals surface area (Å²) in [6.07, 6.45) is 114. The quantitative estimate of drug-likeness (QED) is 0.0146. The summed E-state index contributed by atoms with van der Waals surface area (Å²) in [5, 5.41) is 20.7. The predicted molar refractivity (Wildman–Crippen MR) is 482 cm³/mol. The lowest BCUT2D eigenvalue weighted by molar-refractivity contribution is -0.161. The molecule has 0 aliphatic rings. The molecule has 0 heterocycles. The highest BCUT2D eigenvalue weighted by Gasteiger charge is 2.29. The number of unbranched alkanes of at least 4 members (excludes halogenated alkanes) is 34. The van der Waals surface area contributed by atoms with E-state index in [-0.39, 0.29) is 19.3 Å². The summed E-state index contributed by atoms with van der Waals surface area (Å²) < 4.78 is 61.4. The van der Waals surface area contributed by atoms with E-state index in [2.05, 4.69) is 191 Å². The molecule has 658 valence electrons. The number of ether oxygens (including phenoxy) is 3. The summed E-state index contributed by atoms with van der Waals surface area (Å²) in [7, 11) is -9.81. The smallest absolute Gasteiger partial charge is 0.463 e. The van der Waals surface area contributed by atoms with E-state index in [9.17, 15) is 43.5 Å². The molecular formula is C97H164O16P2. The lowest BCUT2D eigenvalue weighted by atomic mass is 10.0. The Morgan fingerprint density at radius 1 is 0.243 bits per heavy atom. The number of hydrogen-bond donors (Lipinski definition) is 4. The number of aliphatic hydroxyl groups excluding tert-OH is 2. The van der Waals surface area contributed by atoms with Crippen molar-refractivity contribution >= 4 is 33.6 Å². The third kappa shape index (κ3) is 89.5. The lowest BCUT2D eigenvalue weighted by Gasteiger charge is -2.21. The zero-order chi connectivity index (χ0) is 83.6. The van der Waals surface area contributed by atoms with Crippen molar-refractivity contribution < 1.29 is 75.8 Å².